The van der Waals surface area contributed by atoms with E-state index in [-0.39, 0.29) is 30.4 Å². The zero-order chi connectivity index (χ0) is 29.4. The molecule has 42 heavy (non-hydrogen) atoms. The predicted octanol–water partition coefficient (Wildman–Crippen LogP) is 4.07. The van der Waals surface area contributed by atoms with Crippen LogP contribution in [0.3, 0.4) is 0 Å². The third kappa shape index (κ3) is 7.05. The molecule has 1 N–H and O–H groups in total. The Morgan fingerprint density at radius 3 is 2.02 bits per heavy atom. The number of hydrogen-bond donors (Lipinski definition) is 1. The molecule has 0 spiro atoms. The first kappa shape index (κ1) is 29.0. The van der Waals surface area contributed by atoms with Crippen molar-refractivity contribution in [3.05, 3.63) is 126 Å². The van der Waals surface area contributed by atoms with Crippen molar-refractivity contribution in [3.63, 3.8) is 0 Å². The van der Waals surface area contributed by atoms with E-state index in [0.717, 1.165) is 11.1 Å². The molecule has 0 unspecified atom stereocenters. The molecular formula is C33H33N3O5S. The van der Waals surface area contributed by atoms with Gasteiger partial charge in [0.15, 0.2) is 6.10 Å². The molecule has 0 saturated heterocycles. The number of fused-ring (bicyclic) bond motifs is 1. The van der Waals surface area contributed by atoms with Crippen LogP contribution in [0.4, 0.5) is 5.69 Å². The third-order valence-corrected chi connectivity index (χ3v) is 8.97. The number of sulfonamides is 1. The standard InChI is InChI=1S/C33H33N3O5S/c37-32(25-35(23-21-27-14-6-2-7-15-27)42(39,40)28-16-8-3-9-17-28)36-24-31(41-30-19-11-10-18-29(30)36)33(38)34-22-20-26-12-4-1-5-13-26/h1-19,31H,20-25H2,(H,34,38)/t31-/m1/s1. The molecule has 0 aliphatic carbocycles. The predicted molar refractivity (Wildman–Crippen MR) is 162 cm³/mol. The van der Waals surface area contributed by atoms with Gasteiger partial charge < -0.3 is 15.0 Å². The van der Waals surface area contributed by atoms with Crippen LogP contribution >= 0.6 is 0 Å². The quantitative estimate of drug-likeness (QED) is 0.287. The van der Waals surface area contributed by atoms with Crippen molar-refractivity contribution < 1.29 is 22.7 Å². The van der Waals surface area contributed by atoms with Crippen LogP contribution in [0.1, 0.15) is 11.1 Å². The Morgan fingerprint density at radius 2 is 1.36 bits per heavy atom. The highest BCUT2D eigenvalue weighted by Gasteiger charge is 2.36. The van der Waals surface area contributed by atoms with E-state index in [0.29, 0.717) is 30.8 Å². The normalized spacial score (nSPS) is 14.6. The Labute approximate surface area is 246 Å². The summed E-state index contributed by atoms with van der Waals surface area (Å²) in [7, 11) is -3.98. The number of carbonyl (C=O) groups is 2. The molecule has 216 valence electrons. The first-order valence-electron chi connectivity index (χ1n) is 13.9. The zero-order valence-corrected chi connectivity index (χ0v) is 24.0. The van der Waals surface area contributed by atoms with E-state index < -0.39 is 22.0 Å². The molecule has 0 fully saturated rings. The van der Waals surface area contributed by atoms with Gasteiger partial charge in [-0.1, -0.05) is 91.0 Å². The van der Waals surface area contributed by atoms with E-state index in [2.05, 4.69) is 5.32 Å². The molecule has 2 amide bonds. The maximum atomic E-state index is 13.9. The molecule has 0 saturated carbocycles. The number of anilines is 1. The van der Waals surface area contributed by atoms with Gasteiger partial charge in [-0.25, -0.2) is 8.42 Å². The second-order valence-electron chi connectivity index (χ2n) is 9.99. The Hall–Kier alpha value is -4.47. The van der Waals surface area contributed by atoms with E-state index in [1.165, 1.54) is 21.3 Å². The number of nitrogens with one attached hydrogen (secondary N) is 1. The van der Waals surface area contributed by atoms with Crippen LogP contribution in [-0.2, 0) is 32.5 Å². The minimum atomic E-state index is -3.98. The van der Waals surface area contributed by atoms with Crippen molar-refractivity contribution in [2.24, 2.45) is 0 Å². The first-order valence-corrected chi connectivity index (χ1v) is 15.3. The van der Waals surface area contributed by atoms with E-state index >= 15 is 0 Å². The van der Waals surface area contributed by atoms with Crippen LogP contribution in [0.2, 0.25) is 0 Å². The van der Waals surface area contributed by atoms with Crippen LogP contribution in [0.5, 0.6) is 5.75 Å². The first-order chi connectivity index (χ1) is 20.4. The molecule has 8 nitrogen and oxygen atoms in total. The number of benzene rings is 4. The molecule has 1 atom stereocenters. The molecule has 0 radical (unpaired) electrons. The Kier molecular flexibility index (Phi) is 9.31. The fraction of sp³-hybridized carbons (Fsp3) is 0.212. The molecule has 9 heteroatoms. The number of amides is 2. The number of nitrogens with zero attached hydrogens (tertiary/aromatic N) is 2. The maximum absolute atomic E-state index is 13.9. The highest BCUT2D eigenvalue weighted by molar-refractivity contribution is 7.89. The summed E-state index contributed by atoms with van der Waals surface area (Å²) in [5.41, 5.74) is 2.55. The number of hydrogen-bond acceptors (Lipinski definition) is 5. The van der Waals surface area contributed by atoms with Gasteiger partial charge in [-0.15, -0.1) is 0 Å². The lowest BCUT2D eigenvalue weighted by Crippen LogP contribution is -2.53. The van der Waals surface area contributed by atoms with Gasteiger partial charge in [-0.05, 0) is 48.2 Å². The van der Waals surface area contributed by atoms with Crippen LogP contribution < -0.4 is 15.0 Å². The van der Waals surface area contributed by atoms with E-state index in [1.54, 1.807) is 42.5 Å². The van der Waals surface area contributed by atoms with Gasteiger partial charge in [0, 0.05) is 13.1 Å². The van der Waals surface area contributed by atoms with Crippen molar-refractivity contribution in [2.75, 3.05) is 31.1 Å². The largest absolute Gasteiger partial charge is 0.477 e. The fourth-order valence-electron chi connectivity index (χ4n) is 4.86. The van der Waals surface area contributed by atoms with Gasteiger partial charge in [0.25, 0.3) is 5.91 Å². The van der Waals surface area contributed by atoms with Crippen molar-refractivity contribution in [1.82, 2.24) is 9.62 Å². The summed E-state index contributed by atoms with van der Waals surface area (Å²) in [5.74, 6) is -0.390. The Morgan fingerprint density at radius 1 is 0.786 bits per heavy atom. The lowest BCUT2D eigenvalue weighted by molar-refractivity contribution is -0.128. The summed E-state index contributed by atoms with van der Waals surface area (Å²) in [6.07, 6.45) is 0.154. The molecule has 4 aromatic rings. The van der Waals surface area contributed by atoms with Crippen molar-refractivity contribution >= 4 is 27.5 Å². The van der Waals surface area contributed by atoms with Crippen LogP contribution in [0.15, 0.2) is 120 Å². The summed E-state index contributed by atoms with van der Waals surface area (Å²) < 4.78 is 34.6. The summed E-state index contributed by atoms with van der Waals surface area (Å²) in [4.78, 5) is 28.5. The molecule has 5 rings (SSSR count). The highest BCUT2D eigenvalue weighted by atomic mass is 32.2. The average Bonchev–Trinajstić information content (AvgIpc) is 3.03. The minimum absolute atomic E-state index is 0.0368. The van der Waals surface area contributed by atoms with Gasteiger partial charge in [-0.2, -0.15) is 4.31 Å². The van der Waals surface area contributed by atoms with Crippen molar-refractivity contribution in [1.29, 1.82) is 0 Å². The lowest BCUT2D eigenvalue weighted by Gasteiger charge is -2.35. The van der Waals surface area contributed by atoms with E-state index in [4.69, 9.17) is 4.74 Å². The highest BCUT2D eigenvalue weighted by Crippen LogP contribution is 2.33. The van der Waals surface area contributed by atoms with Gasteiger partial charge in [0.05, 0.1) is 23.7 Å². The number of rotatable bonds is 11. The SMILES string of the molecule is O=C(NCCc1ccccc1)[C@H]1CN(C(=O)CN(CCc2ccccc2)S(=O)(=O)c2ccccc2)c2ccccc2O1. The van der Waals surface area contributed by atoms with Gasteiger partial charge in [-0.3, -0.25) is 9.59 Å². The van der Waals surface area contributed by atoms with Crippen LogP contribution in [0, 0.1) is 0 Å². The smallest absolute Gasteiger partial charge is 0.262 e. The van der Waals surface area contributed by atoms with Crippen LogP contribution in [0.25, 0.3) is 0 Å². The van der Waals surface area contributed by atoms with Gasteiger partial charge in [0.2, 0.25) is 15.9 Å². The maximum Gasteiger partial charge on any atom is 0.262 e. The monoisotopic (exact) mass is 583 g/mol. The second-order valence-corrected chi connectivity index (χ2v) is 11.9. The van der Waals surface area contributed by atoms with Gasteiger partial charge >= 0.3 is 0 Å². The summed E-state index contributed by atoms with van der Waals surface area (Å²) in [6.45, 7) is 0.106. The van der Waals surface area contributed by atoms with E-state index in [1.807, 2.05) is 60.7 Å². The number of ether oxygens (including phenoxy) is 1. The third-order valence-electron chi connectivity index (χ3n) is 7.11. The Balaban J connectivity index is 1.34. The molecule has 0 aromatic heterocycles. The zero-order valence-electron chi connectivity index (χ0n) is 23.1. The molecule has 1 aliphatic rings. The van der Waals surface area contributed by atoms with Crippen LogP contribution in [-0.4, -0.2) is 56.8 Å². The molecule has 4 aromatic carbocycles. The summed E-state index contributed by atoms with van der Waals surface area (Å²) in [6, 6.07) is 34.4. The van der Waals surface area contributed by atoms with Crippen molar-refractivity contribution in [3.8, 4) is 5.75 Å². The number of carbonyl (C=O) groups excluding carboxylic acids is 2. The molecule has 1 aliphatic heterocycles. The summed E-state index contributed by atoms with van der Waals surface area (Å²) in [5, 5.41) is 2.91. The number of para-hydroxylation sites is 2. The Bertz CT molecular complexity index is 1600. The fourth-order valence-corrected chi connectivity index (χ4v) is 6.27. The van der Waals surface area contributed by atoms with Gasteiger partial charge in [0.1, 0.15) is 5.75 Å². The summed E-state index contributed by atoms with van der Waals surface area (Å²) >= 11 is 0. The molecule has 1 heterocycles. The minimum Gasteiger partial charge on any atom is -0.477 e. The van der Waals surface area contributed by atoms with E-state index in [9.17, 15) is 18.0 Å². The average molecular weight is 584 g/mol. The topological polar surface area (TPSA) is 96.0 Å². The molecular weight excluding hydrogens is 550 g/mol. The molecule has 0 bridgehead atoms. The van der Waals surface area contributed by atoms with Crippen molar-refractivity contribution in [2.45, 2.75) is 23.8 Å². The lowest BCUT2D eigenvalue weighted by atomic mass is 10.1. The second kappa shape index (κ2) is 13.5.